The molecule has 0 bridgehead atoms. The van der Waals surface area contributed by atoms with E-state index in [0.717, 1.165) is 12.0 Å². The molecule has 38 heavy (non-hydrogen) atoms. The third-order valence-corrected chi connectivity index (χ3v) is 6.25. The second-order valence-electron chi connectivity index (χ2n) is 9.43. The number of hydrogen-bond donors (Lipinski definition) is 1. The van der Waals surface area contributed by atoms with E-state index in [1.807, 2.05) is 45.9 Å². The van der Waals surface area contributed by atoms with Gasteiger partial charge in [-0.25, -0.2) is 0 Å². The van der Waals surface area contributed by atoms with Gasteiger partial charge < -0.3 is 19.3 Å². The first-order chi connectivity index (χ1) is 18.2. The summed E-state index contributed by atoms with van der Waals surface area (Å²) in [7, 11) is 1.56. The average molecular weight is 516 g/mol. The molecule has 0 saturated carbocycles. The number of aryl methyl sites for hydroxylation is 1. The summed E-state index contributed by atoms with van der Waals surface area (Å²) in [6.07, 6.45) is 0.829. The highest BCUT2D eigenvalue weighted by molar-refractivity contribution is 6.51. The van der Waals surface area contributed by atoms with Crippen molar-refractivity contribution in [3.63, 3.8) is 0 Å². The number of ketones is 1. The average Bonchev–Trinajstić information content (AvgIpc) is 3.18. The van der Waals surface area contributed by atoms with Crippen LogP contribution < -0.4 is 19.1 Å². The summed E-state index contributed by atoms with van der Waals surface area (Å²) in [6.45, 7) is 8.29. The summed E-state index contributed by atoms with van der Waals surface area (Å²) in [5, 5.41) is 11.5. The van der Waals surface area contributed by atoms with Gasteiger partial charge in [-0.05, 0) is 92.9 Å². The molecule has 0 radical (unpaired) electrons. The van der Waals surface area contributed by atoms with Crippen LogP contribution in [-0.4, -0.2) is 36.6 Å². The number of aliphatic hydroxyl groups is 1. The highest BCUT2D eigenvalue weighted by atomic mass is 16.5. The Bertz CT molecular complexity index is 1360. The highest BCUT2D eigenvalue weighted by Gasteiger charge is 2.47. The lowest BCUT2D eigenvalue weighted by Gasteiger charge is -2.26. The van der Waals surface area contributed by atoms with Gasteiger partial charge in [0.25, 0.3) is 11.7 Å². The highest BCUT2D eigenvalue weighted by Crippen LogP contribution is 2.43. The first-order valence-electron chi connectivity index (χ1n) is 12.7. The predicted octanol–water partition coefficient (Wildman–Crippen LogP) is 6.21. The van der Waals surface area contributed by atoms with Crippen LogP contribution in [0.1, 0.15) is 49.9 Å². The Kier molecular flexibility index (Phi) is 8.05. The normalized spacial score (nSPS) is 16.7. The summed E-state index contributed by atoms with van der Waals surface area (Å²) in [6, 6.07) is 18.5. The molecule has 0 aromatic heterocycles. The van der Waals surface area contributed by atoms with Crippen molar-refractivity contribution in [2.24, 2.45) is 0 Å². The maximum atomic E-state index is 13.5. The lowest BCUT2D eigenvalue weighted by molar-refractivity contribution is -0.132. The molecule has 7 nitrogen and oxygen atoms in total. The number of nitrogens with zero attached hydrogens (tertiary/aromatic N) is 1. The number of ether oxygens (including phenoxy) is 3. The smallest absolute Gasteiger partial charge is 0.300 e. The predicted molar refractivity (Wildman–Crippen MR) is 147 cm³/mol. The second-order valence-corrected chi connectivity index (χ2v) is 9.43. The van der Waals surface area contributed by atoms with E-state index in [0.29, 0.717) is 40.7 Å². The van der Waals surface area contributed by atoms with E-state index in [2.05, 4.69) is 0 Å². The van der Waals surface area contributed by atoms with Crippen molar-refractivity contribution in [2.45, 2.75) is 46.3 Å². The number of hydrogen-bond acceptors (Lipinski definition) is 6. The van der Waals surface area contributed by atoms with Gasteiger partial charge in [0.1, 0.15) is 23.0 Å². The van der Waals surface area contributed by atoms with Crippen LogP contribution in [0, 0.1) is 6.92 Å². The fourth-order valence-corrected chi connectivity index (χ4v) is 4.49. The van der Waals surface area contributed by atoms with Crippen molar-refractivity contribution < 1.29 is 28.9 Å². The SMILES string of the molecule is CCCOc1cccc(C2/C(=C(\O)c3ccc(OC(C)C)c(C)c3)C(=O)C(=O)N2c2ccc(OC)cc2)c1. The minimum Gasteiger partial charge on any atom is -0.507 e. The first-order valence-corrected chi connectivity index (χ1v) is 12.7. The van der Waals surface area contributed by atoms with E-state index in [1.165, 1.54) is 4.90 Å². The van der Waals surface area contributed by atoms with Crippen molar-refractivity contribution >= 4 is 23.1 Å². The van der Waals surface area contributed by atoms with E-state index in [9.17, 15) is 14.7 Å². The molecule has 1 unspecified atom stereocenters. The van der Waals surface area contributed by atoms with Crippen molar-refractivity contribution in [2.75, 3.05) is 18.6 Å². The largest absolute Gasteiger partial charge is 0.507 e. The number of aliphatic hydroxyl groups excluding tert-OH is 1. The van der Waals surface area contributed by atoms with Crippen molar-refractivity contribution in [3.05, 3.63) is 89.0 Å². The molecule has 1 aliphatic heterocycles. The zero-order valence-corrected chi connectivity index (χ0v) is 22.4. The molecule has 0 aliphatic carbocycles. The topological polar surface area (TPSA) is 85.3 Å². The third-order valence-electron chi connectivity index (χ3n) is 6.25. The molecule has 1 saturated heterocycles. The zero-order valence-electron chi connectivity index (χ0n) is 22.4. The van der Waals surface area contributed by atoms with E-state index < -0.39 is 17.7 Å². The lowest BCUT2D eigenvalue weighted by Crippen LogP contribution is -2.29. The molecular formula is C31H33NO6. The van der Waals surface area contributed by atoms with Gasteiger partial charge in [-0.3, -0.25) is 14.5 Å². The Morgan fingerprint density at radius 2 is 1.74 bits per heavy atom. The number of amides is 1. The monoisotopic (exact) mass is 515 g/mol. The standard InChI is InChI=1S/C31H33NO6/c1-6-16-37-25-9-7-8-21(18-25)28-27(29(33)22-10-15-26(20(4)17-22)38-19(2)3)30(34)31(35)32(28)23-11-13-24(36-5)14-12-23/h7-15,17-19,28,33H,6,16H2,1-5H3/b29-27+. The first kappa shape index (κ1) is 26.8. The molecule has 1 amide bonds. The number of methoxy groups -OCH3 is 1. The summed E-state index contributed by atoms with van der Waals surface area (Å²) in [5.41, 5.74) is 2.39. The van der Waals surface area contributed by atoms with Crippen LogP contribution in [0.2, 0.25) is 0 Å². The Morgan fingerprint density at radius 1 is 1.00 bits per heavy atom. The van der Waals surface area contributed by atoms with Crippen LogP contribution in [0.5, 0.6) is 17.2 Å². The van der Waals surface area contributed by atoms with Gasteiger partial charge in [0.15, 0.2) is 0 Å². The molecule has 1 fully saturated rings. The molecule has 4 rings (SSSR count). The Labute approximate surface area is 223 Å². The van der Waals surface area contributed by atoms with Gasteiger partial charge in [-0.2, -0.15) is 0 Å². The number of benzene rings is 3. The van der Waals surface area contributed by atoms with E-state index in [-0.39, 0.29) is 17.4 Å². The number of carbonyl (C=O) groups is 2. The van der Waals surface area contributed by atoms with E-state index in [4.69, 9.17) is 14.2 Å². The molecular weight excluding hydrogens is 482 g/mol. The fourth-order valence-electron chi connectivity index (χ4n) is 4.49. The van der Waals surface area contributed by atoms with Crippen LogP contribution in [0.4, 0.5) is 5.69 Å². The van der Waals surface area contributed by atoms with Crippen LogP contribution >= 0.6 is 0 Å². The number of anilines is 1. The fraction of sp³-hybridized carbons (Fsp3) is 0.290. The van der Waals surface area contributed by atoms with Gasteiger partial charge in [-0.15, -0.1) is 0 Å². The molecule has 1 N–H and O–H groups in total. The molecule has 7 heteroatoms. The van der Waals surface area contributed by atoms with Gasteiger partial charge >= 0.3 is 0 Å². The maximum absolute atomic E-state index is 13.5. The quantitative estimate of drug-likeness (QED) is 0.207. The molecule has 1 heterocycles. The van der Waals surface area contributed by atoms with Gasteiger partial charge in [-0.1, -0.05) is 19.1 Å². The van der Waals surface area contributed by atoms with Crippen molar-refractivity contribution in [1.82, 2.24) is 0 Å². The molecule has 1 atom stereocenters. The van der Waals surface area contributed by atoms with Gasteiger partial charge in [0.05, 0.1) is 31.4 Å². The van der Waals surface area contributed by atoms with Gasteiger partial charge in [0.2, 0.25) is 0 Å². The van der Waals surface area contributed by atoms with Crippen molar-refractivity contribution in [1.29, 1.82) is 0 Å². The van der Waals surface area contributed by atoms with E-state index in [1.54, 1.807) is 55.6 Å². The Hall–Kier alpha value is -4.26. The van der Waals surface area contributed by atoms with Crippen LogP contribution in [0.15, 0.2) is 72.3 Å². The lowest BCUT2D eigenvalue weighted by atomic mass is 9.94. The Balaban J connectivity index is 1.87. The molecule has 198 valence electrons. The number of carbonyl (C=O) groups excluding carboxylic acids is 2. The summed E-state index contributed by atoms with van der Waals surface area (Å²) < 4.78 is 16.9. The maximum Gasteiger partial charge on any atom is 0.300 e. The van der Waals surface area contributed by atoms with Crippen LogP contribution in [-0.2, 0) is 9.59 Å². The minimum absolute atomic E-state index is 0.00910. The zero-order chi connectivity index (χ0) is 27.4. The van der Waals surface area contributed by atoms with Crippen LogP contribution in [0.25, 0.3) is 5.76 Å². The van der Waals surface area contributed by atoms with E-state index >= 15 is 0 Å². The summed E-state index contributed by atoms with van der Waals surface area (Å²) in [5.74, 6) is 0.198. The third kappa shape index (κ3) is 5.37. The summed E-state index contributed by atoms with van der Waals surface area (Å²) in [4.78, 5) is 28.3. The minimum atomic E-state index is -0.861. The molecule has 3 aromatic carbocycles. The number of Topliss-reactive ketones (excluding diaryl/α,β-unsaturated/α-hetero) is 1. The Morgan fingerprint density at radius 3 is 2.37 bits per heavy atom. The second kappa shape index (κ2) is 11.4. The van der Waals surface area contributed by atoms with Crippen LogP contribution in [0.3, 0.4) is 0 Å². The molecule has 1 aliphatic rings. The molecule has 3 aromatic rings. The van der Waals surface area contributed by atoms with Gasteiger partial charge in [0, 0.05) is 11.3 Å². The number of rotatable bonds is 9. The summed E-state index contributed by atoms with van der Waals surface area (Å²) >= 11 is 0. The molecule has 0 spiro atoms. The van der Waals surface area contributed by atoms with Crippen molar-refractivity contribution in [3.8, 4) is 17.2 Å².